The van der Waals surface area contributed by atoms with Gasteiger partial charge in [0.05, 0.1) is 5.52 Å². The summed E-state index contributed by atoms with van der Waals surface area (Å²) in [6, 6.07) is 10.8. The van der Waals surface area contributed by atoms with Crippen molar-refractivity contribution in [3.63, 3.8) is 0 Å². The third kappa shape index (κ3) is 1.93. The van der Waals surface area contributed by atoms with Gasteiger partial charge in [0, 0.05) is 11.6 Å². The smallest absolute Gasteiger partial charge is 0.0704 e. The van der Waals surface area contributed by atoms with Crippen LogP contribution in [0.3, 0.4) is 0 Å². The summed E-state index contributed by atoms with van der Waals surface area (Å²) < 4.78 is 0. The largest absolute Gasteiger partial charge is 0.316 e. The maximum atomic E-state index is 4.45. The van der Waals surface area contributed by atoms with E-state index in [0.717, 1.165) is 18.6 Å². The van der Waals surface area contributed by atoms with Crippen molar-refractivity contribution in [3.05, 3.63) is 42.1 Å². The second-order valence-electron chi connectivity index (χ2n) is 4.99. The van der Waals surface area contributed by atoms with E-state index in [1.165, 1.54) is 17.4 Å². The maximum absolute atomic E-state index is 4.45. The minimum Gasteiger partial charge on any atom is -0.316 e. The van der Waals surface area contributed by atoms with Gasteiger partial charge in [-0.25, -0.2) is 0 Å². The molecule has 2 unspecified atom stereocenters. The summed E-state index contributed by atoms with van der Waals surface area (Å²) in [4.78, 5) is 4.45. The molecule has 0 amide bonds. The van der Waals surface area contributed by atoms with E-state index in [1.54, 1.807) is 0 Å². The van der Waals surface area contributed by atoms with Crippen LogP contribution in [0.15, 0.2) is 36.5 Å². The molecular weight excluding hydrogens is 208 g/mol. The van der Waals surface area contributed by atoms with Crippen LogP contribution < -0.4 is 5.32 Å². The number of piperidine rings is 1. The van der Waals surface area contributed by atoms with E-state index in [9.17, 15) is 0 Å². The zero-order valence-corrected chi connectivity index (χ0v) is 10.2. The third-order valence-corrected chi connectivity index (χ3v) is 3.86. The van der Waals surface area contributed by atoms with Gasteiger partial charge in [-0.05, 0) is 49.0 Å². The van der Waals surface area contributed by atoms with Crippen molar-refractivity contribution in [2.45, 2.75) is 19.3 Å². The average Bonchev–Trinajstić information content (AvgIpc) is 2.39. The van der Waals surface area contributed by atoms with Gasteiger partial charge in [0.1, 0.15) is 0 Å². The van der Waals surface area contributed by atoms with E-state index in [-0.39, 0.29) is 0 Å². The number of fused-ring (bicyclic) bond motifs is 1. The first-order chi connectivity index (χ1) is 8.36. The molecule has 1 aromatic carbocycles. The van der Waals surface area contributed by atoms with Gasteiger partial charge in [-0.2, -0.15) is 0 Å². The van der Waals surface area contributed by atoms with Gasteiger partial charge in [0.25, 0.3) is 0 Å². The zero-order valence-electron chi connectivity index (χ0n) is 10.2. The van der Waals surface area contributed by atoms with Crippen LogP contribution in [0.4, 0.5) is 0 Å². The van der Waals surface area contributed by atoms with Crippen LogP contribution in [0.1, 0.15) is 24.8 Å². The lowest BCUT2D eigenvalue weighted by Crippen LogP contribution is -2.33. The van der Waals surface area contributed by atoms with E-state index in [4.69, 9.17) is 0 Å². The molecule has 88 valence electrons. The molecule has 0 aliphatic carbocycles. The summed E-state index contributed by atoms with van der Waals surface area (Å²) in [6.45, 7) is 4.60. The number of hydrogen-bond donors (Lipinski definition) is 1. The van der Waals surface area contributed by atoms with E-state index in [0.29, 0.717) is 11.8 Å². The minimum absolute atomic E-state index is 0.671. The van der Waals surface area contributed by atoms with Crippen molar-refractivity contribution < 1.29 is 0 Å². The highest BCUT2D eigenvalue weighted by Gasteiger charge is 2.23. The van der Waals surface area contributed by atoms with E-state index in [2.05, 4.69) is 41.5 Å². The Kier molecular flexibility index (Phi) is 2.81. The van der Waals surface area contributed by atoms with E-state index < -0.39 is 0 Å². The molecule has 1 N–H and O–H groups in total. The first-order valence-corrected chi connectivity index (χ1v) is 6.40. The van der Waals surface area contributed by atoms with Crippen LogP contribution in [0.25, 0.3) is 10.9 Å². The summed E-state index contributed by atoms with van der Waals surface area (Å²) in [6.07, 6.45) is 3.10. The molecule has 2 aromatic rings. The normalized spacial score (nSPS) is 25.0. The number of pyridine rings is 1. The predicted molar refractivity (Wildman–Crippen MR) is 71.1 cm³/mol. The fourth-order valence-corrected chi connectivity index (χ4v) is 2.93. The molecule has 2 atom stereocenters. The van der Waals surface area contributed by atoms with Crippen LogP contribution in [0, 0.1) is 5.92 Å². The van der Waals surface area contributed by atoms with Gasteiger partial charge in [-0.3, -0.25) is 4.98 Å². The molecule has 0 radical (unpaired) electrons. The number of aromatic nitrogens is 1. The first kappa shape index (κ1) is 10.7. The van der Waals surface area contributed by atoms with Gasteiger partial charge in [-0.15, -0.1) is 0 Å². The van der Waals surface area contributed by atoms with Crippen molar-refractivity contribution in [3.8, 4) is 0 Å². The molecule has 1 fully saturated rings. The zero-order chi connectivity index (χ0) is 11.7. The summed E-state index contributed by atoms with van der Waals surface area (Å²) in [5, 5.41) is 4.79. The Bertz CT molecular complexity index is 516. The molecule has 1 aliphatic heterocycles. The molecular formula is C15H18N2. The van der Waals surface area contributed by atoms with E-state index in [1.807, 2.05) is 12.3 Å². The van der Waals surface area contributed by atoms with Crippen LogP contribution in [-0.2, 0) is 0 Å². The van der Waals surface area contributed by atoms with Crippen LogP contribution in [0.5, 0.6) is 0 Å². The molecule has 0 saturated carbocycles. The maximum Gasteiger partial charge on any atom is 0.0704 e. The number of nitrogens with zero attached hydrogens (tertiary/aromatic N) is 1. The quantitative estimate of drug-likeness (QED) is 0.808. The number of rotatable bonds is 1. The molecule has 1 aliphatic rings. The molecule has 2 heterocycles. The van der Waals surface area contributed by atoms with Crippen molar-refractivity contribution >= 4 is 10.9 Å². The molecule has 3 rings (SSSR count). The monoisotopic (exact) mass is 226 g/mol. The van der Waals surface area contributed by atoms with Crippen molar-refractivity contribution in [2.24, 2.45) is 5.92 Å². The Balaban J connectivity index is 2.10. The summed E-state index contributed by atoms with van der Waals surface area (Å²) in [5.41, 5.74) is 2.60. The predicted octanol–water partition coefficient (Wildman–Crippen LogP) is 2.95. The Morgan fingerprint density at radius 2 is 2.18 bits per heavy atom. The Morgan fingerprint density at radius 1 is 1.24 bits per heavy atom. The van der Waals surface area contributed by atoms with Gasteiger partial charge in [-0.1, -0.05) is 25.1 Å². The molecule has 1 aromatic heterocycles. The fraction of sp³-hybridized carbons (Fsp3) is 0.400. The van der Waals surface area contributed by atoms with E-state index >= 15 is 0 Å². The molecule has 2 nitrogen and oxygen atoms in total. The lowest BCUT2D eigenvalue weighted by Gasteiger charge is -2.30. The second-order valence-corrected chi connectivity index (χ2v) is 4.99. The SMILES string of the molecule is CC1CNCCC1c1cccc2ncccc12. The number of nitrogens with one attached hydrogen (secondary N) is 1. The van der Waals surface area contributed by atoms with Crippen LogP contribution in [0.2, 0.25) is 0 Å². The Morgan fingerprint density at radius 3 is 3.06 bits per heavy atom. The second kappa shape index (κ2) is 4.46. The van der Waals surface area contributed by atoms with Crippen LogP contribution in [-0.4, -0.2) is 18.1 Å². The highest BCUT2D eigenvalue weighted by molar-refractivity contribution is 5.82. The van der Waals surface area contributed by atoms with Gasteiger partial charge in [0.15, 0.2) is 0 Å². The molecule has 0 bridgehead atoms. The van der Waals surface area contributed by atoms with Gasteiger partial charge < -0.3 is 5.32 Å². The number of hydrogen-bond acceptors (Lipinski definition) is 2. The topological polar surface area (TPSA) is 24.9 Å². The summed E-state index contributed by atoms with van der Waals surface area (Å²) >= 11 is 0. The standard InChI is InChI=1S/C15H18N2/c1-11-10-16-9-7-12(11)13-4-2-6-15-14(13)5-3-8-17-15/h2-6,8,11-12,16H,7,9-10H2,1H3. The average molecular weight is 226 g/mol. The summed E-state index contributed by atoms with van der Waals surface area (Å²) in [7, 11) is 0. The van der Waals surface area contributed by atoms with Crippen molar-refractivity contribution in [2.75, 3.05) is 13.1 Å². The number of benzene rings is 1. The van der Waals surface area contributed by atoms with Crippen molar-refractivity contribution in [1.29, 1.82) is 0 Å². The van der Waals surface area contributed by atoms with Gasteiger partial charge in [0.2, 0.25) is 0 Å². The van der Waals surface area contributed by atoms with Crippen molar-refractivity contribution in [1.82, 2.24) is 10.3 Å². The lowest BCUT2D eigenvalue weighted by molar-refractivity contribution is 0.351. The Hall–Kier alpha value is -1.41. The molecule has 2 heteroatoms. The molecule has 17 heavy (non-hydrogen) atoms. The van der Waals surface area contributed by atoms with Gasteiger partial charge >= 0.3 is 0 Å². The van der Waals surface area contributed by atoms with Crippen LogP contribution >= 0.6 is 0 Å². The lowest BCUT2D eigenvalue weighted by atomic mass is 9.81. The Labute approximate surface area is 102 Å². The molecule has 0 spiro atoms. The first-order valence-electron chi connectivity index (χ1n) is 6.40. The fourth-order valence-electron chi connectivity index (χ4n) is 2.93. The highest BCUT2D eigenvalue weighted by Crippen LogP contribution is 2.33. The minimum atomic E-state index is 0.671. The molecule has 1 saturated heterocycles. The summed E-state index contributed by atoms with van der Waals surface area (Å²) in [5.74, 6) is 1.37. The third-order valence-electron chi connectivity index (χ3n) is 3.86. The highest BCUT2D eigenvalue weighted by atomic mass is 14.9.